The Balaban J connectivity index is 1.90. The summed E-state index contributed by atoms with van der Waals surface area (Å²) >= 11 is 0. The van der Waals surface area contributed by atoms with Gasteiger partial charge in [0.2, 0.25) is 5.91 Å². The molecule has 1 aromatic rings. The lowest BCUT2D eigenvalue weighted by Gasteiger charge is -2.43. The fourth-order valence-electron chi connectivity index (χ4n) is 3.38. The quantitative estimate of drug-likeness (QED) is 0.895. The molecule has 1 aliphatic carbocycles. The monoisotopic (exact) mass is 272 g/mol. The Hall–Kier alpha value is -1.84. The minimum Gasteiger partial charge on any atom is -0.339 e. The summed E-state index contributed by atoms with van der Waals surface area (Å²) < 4.78 is 0. The number of hydrogen-bond donors (Lipinski definition) is 1. The normalized spacial score (nSPS) is 25.6. The molecule has 2 fully saturated rings. The lowest BCUT2D eigenvalue weighted by Crippen LogP contribution is -2.60. The summed E-state index contributed by atoms with van der Waals surface area (Å²) in [6, 6.07) is 8.95. The van der Waals surface area contributed by atoms with E-state index < -0.39 is 6.04 Å². The Morgan fingerprint density at radius 3 is 2.45 bits per heavy atom. The van der Waals surface area contributed by atoms with Gasteiger partial charge in [0.15, 0.2) is 0 Å². The van der Waals surface area contributed by atoms with Gasteiger partial charge in [0.1, 0.15) is 12.6 Å². The van der Waals surface area contributed by atoms with E-state index >= 15 is 0 Å². The predicted molar refractivity (Wildman–Crippen MR) is 75.9 cm³/mol. The van der Waals surface area contributed by atoms with Gasteiger partial charge in [-0.05, 0) is 25.3 Å². The second-order valence-electron chi connectivity index (χ2n) is 6.04. The van der Waals surface area contributed by atoms with Gasteiger partial charge >= 0.3 is 0 Å². The van der Waals surface area contributed by atoms with Gasteiger partial charge in [-0.15, -0.1) is 0 Å². The van der Waals surface area contributed by atoms with Crippen LogP contribution in [-0.4, -0.2) is 28.8 Å². The smallest absolute Gasteiger partial charge is 0.250 e. The molecule has 0 spiro atoms. The highest BCUT2D eigenvalue weighted by Crippen LogP contribution is 2.37. The van der Waals surface area contributed by atoms with Crippen molar-refractivity contribution in [3.63, 3.8) is 0 Å². The molecule has 4 nitrogen and oxygen atoms in total. The maximum Gasteiger partial charge on any atom is 0.250 e. The van der Waals surface area contributed by atoms with E-state index in [1.54, 1.807) is 4.90 Å². The molecule has 0 radical (unpaired) electrons. The van der Waals surface area contributed by atoms with Gasteiger partial charge in [0.25, 0.3) is 5.91 Å². The SMILES string of the molecule is CC1(N2CC(=O)NC(c3ccccc3)C2=O)CCCC1. The molecule has 1 heterocycles. The van der Waals surface area contributed by atoms with Crippen LogP contribution in [0.1, 0.15) is 44.2 Å². The fourth-order valence-corrected chi connectivity index (χ4v) is 3.38. The number of benzene rings is 1. The van der Waals surface area contributed by atoms with Crippen LogP contribution >= 0.6 is 0 Å². The van der Waals surface area contributed by atoms with E-state index in [0.29, 0.717) is 0 Å². The highest BCUT2D eigenvalue weighted by molar-refractivity contribution is 5.96. The van der Waals surface area contributed by atoms with Crippen LogP contribution in [0.2, 0.25) is 0 Å². The standard InChI is InChI=1S/C16H20N2O2/c1-16(9-5-6-10-16)18-11-13(19)17-14(15(18)20)12-7-3-2-4-8-12/h2-4,7-8,14H,5-6,9-11H2,1H3,(H,17,19). The van der Waals surface area contributed by atoms with Gasteiger partial charge in [0, 0.05) is 5.54 Å². The molecular formula is C16H20N2O2. The number of carbonyl (C=O) groups is 2. The van der Waals surface area contributed by atoms with Crippen LogP contribution in [0.4, 0.5) is 0 Å². The van der Waals surface area contributed by atoms with E-state index in [1.807, 2.05) is 30.3 Å². The van der Waals surface area contributed by atoms with E-state index in [1.165, 1.54) is 0 Å². The van der Waals surface area contributed by atoms with E-state index in [4.69, 9.17) is 0 Å². The summed E-state index contributed by atoms with van der Waals surface area (Å²) in [5.74, 6) is -0.0354. The van der Waals surface area contributed by atoms with Gasteiger partial charge in [-0.3, -0.25) is 9.59 Å². The Morgan fingerprint density at radius 2 is 1.80 bits per heavy atom. The molecule has 20 heavy (non-hydrogen) atoms. The fraction of sp³-hybridized carbons (Fsp3) is 0.500. The van der Waals surface area contributed by atoms with Gasteiger partial charge in [-0.1, -0.05) is 43.2 Å². The summed E-state index contributed by atoms with van der Waals surface area (Å²) in [7, 11) is 0. The summed E-state index contributed by atoms with van der Waals surface area (Å²) in [6.45, 7) is 2.30. The number of nitrogens with one attached hydrogen (secondary N) is 1. The van der Waals surface area contributed by atoms with Crippen molar-refractivity contribution in [1.29, 1.82) is 0 Å². The van der Waals surface area contributed by atoms with Crippen molar-refractivity contribution in [2.45, 2.75) is 44.2 Å². The molecule has 3 rings (SSSR count). The molecule has 106 valence electrons. The van der Waals surface area contributed by atoms with Crippen molar-refractivity contribution in [2.75, 3.05) is 6.54 Å². The topological polar surface area (TPSA) is 49.4 Å². The molecule has 0 bridgehead atoms. The van der Waals surface area contributed by atoms with Crippen molar-refractivity contribution in [3.8, 4) is 0 Å². The summed E-state index contributed by atoms with van der Waals surface area (Å²) in [5.41, 5.74) is 0.708. The average Bonchev–Trinajstić information content (AvgIpc) is 2.90. The zero-order valence-electron chi connectivity index (χ0n) is 11.8. The van der Waals surface area contributed by atoms with E-state index in [-0.39, 0.29) is 23.9 Å². The average molecular weight is 272 g/mol. The third-order valence-corrected chi connectivity index (χ3v) is 4.59. The number of hydrogen-bond acceptors (Lipinski definition) is 2. The first-order valence-corrected chi connectivity index (χ1v) is 7.26. The van der Waals surface area contributed by atoms with Crippen molar-refractivity contribution in [1.82, 2.24) is 10.2 Å². The zero-order chi connectivity index (χ0) is 14.2. The predicted octanol–water partition coefficient (Wildman–Crippen LogP) is 2.02. The van der Waals surface area contributed by atoms with E-state index in [9.17, 15) is 9.59 Å². The van der Waals surface area contributed by atoms with Gasteiger partial charge in [-0.25, -0.2) is 0 Å². The molecule has 2 aliphatic rings. The second-order valence-corrected chi connectivity index (χ2v) is 6.04. The van der Waals surface area contributed by atoms with Crippen molar-refractivity contribution < 1.29 is 9.59 Å². The molecule has 2 amide bonds. The highest BCUT2D eigenvalue weighted by Gasteiger charge is 2.44. The van der Waals surface area contributed by atoms with Gasteiger partial charge < -0.3 is 10.2 Å². The van der Waals surface area contributed by atoms with Crippen LogP contribution in [0, 0.1) is 0 Å². The summed E-state index contributed by atoms with van der Waals surface area (Å²) in [5, 5.41) is 2.82. The highest BCUT2D eigenvalue weighted by atomic mass is 16.2. The molecule has 1 aromatic carbocycles. The van der Waals surface area contributed by atoms with Crippen LogP contribution in [0.15, 0.2) is 30.3 Å². The van der Waals surface area contributed by atoms with Crippen LogP contribution in [0.5, 0.6) is 0 Å². The van der Waals surface area contributed by atoms with Crippen LogP contribution in [-0.2, 0) is 9.59 Å². The van der Waals surface area contributed by atoms with Crippen LogP contribution in [0.3, 0.4) is 0 Å². The Labute approximate surface area is 119 Å². The van der Waals surface area contributed by atoms with E-state index in [2.05, 4.69) is 12.2 Å². The molecule has 1 aliphatic heterocycles. The van der Waals surface area contributed by atoms with Crippen LogP contribution in [0.25, 0.3) is 0 Å². The lowest BCUT2D eigenvalue weighted by atomic mass is 9.93. The van der Waals surface area contributed by atoms with Crippen molar-refractivity contribution in [2.24, 2.45) is 0 Å². The number of rotatable bonds is 2. The molecule has 0 aromatic heterocycles. The number of amides is 2. The van der Waals surface area contributed by atoms with Gasteiger partial charge in [-0.2, -0.15) is 0 Å². The largest absolute Gasteiger partial charge is 0.339 e. The van der Waals surface area contributed by atoms with Crippen LogP contribution < -0.4 is 5.32 Å². The molecule has 1 N–H and O–H groups in total. The number of carbonyl (C=O) groups excluding carboxylic acids is 2. The molecule has 1 saturated carbocycles. The minimum absolute atomic E-state index is 0.0280. The maximum absolute atomic E-state index is 12.8. The number of nitrogens with zero attached hydrogens (tertiary/aromatic N) is 1. The first-order valence-electron chi connectivity index (χ1n) is 7.26. The van der Waals surface area contributed by atoms with Crippen molar-refractivity contribution >= 4 is 11.8 Å². The van der Waals surface area contributed by atoms with E-state index in [0.717, 1.165) is 31.2 Å². The second kappa shape index (κ2) is 4.93. The first-order chi connectivity index (χ1) is 9.60. The van der Waals surface area contributed by atoms with Gasteiger partial charge in [0.05, 0.1) is 0 Å². The third kappa shape index (κ3) is 2.19. The lowest BCUT2D eigenvalue weighted by molar-refractivity contribution is -0.150. The third-order valence-electron chi connectivity index (χ3n) is 4.59. The minimum atomic E-state index is -0.533. The molecule has 4 heteroatoms. The summed E-state index contributed by atoms with van der Waals surface area (Å²) in [6.07, 6.45) is 4.26. The molecule has 1 atom stereocenters. The maximum atomic E-state index is 12.8. The van der Waals surface area contributed by atoms with Crippen molar-refractivity contribution in [3.05, 3.63) is 35.9 Å². The zero-order valence-corrected chi connectivity index (χ0v) is 11.8. The molecule has 1 unspecified atom stereocenters. The Kier molecular flexibility index (Phi) is 3.24. The summed E-state index contributed by atoms with van der Waals surface area (Å²) in [4.78, 5) is 26.6. The first kappa shape index (κ1) is 13.2. The Bertz CT molecular complexity index is 521. The molecule has 1 saturated heterocycles. The Morgan fingerprint density at radius 1 is 1.15 bits per heavy atom. The number of piperazine rings is 1. The molecular weight excluding hydrogens is 252 g/mol.